The third-order valence-electron chi connectivity index (χ3n) is 3.76. The van der Waals surface area contributed by atoms with Gasteiger partial charge in [-0.05, 0) is 12.8 Å². The van der Waals surface area contributed by atoms with Crippen LogP contribution in [0.1, 0.15) is 77.6 Å². The zero-order chi connectivity index (χ0) is 14.8. The molecule has 1 rings (SSSR count). The van der Waals surface area contributed by atoms with Gasteiger partial charge in [0, 0.05) is 0 Å². The Labute approximate surface area is 121 Å². The van der Waals surface area contributed by atoms with E-state index in [1.54, 1.807) is 0 Å². The first kappa shape index (κ1) is 16.9. The van der Waals surface area contributed by atoms with Gasteiger partial charge in [0.25, 0.3) is 0 Å². The highest BCUT2D eigenvalue weighted by Crippen LogP contribution is 2.17. The normalized spacial score (nSPS) is 19.2. The van der Waals surface area contributed by atoms with Gasteiger partial charge in [0.1, 0.15) is 6.10 Å². The molecule has 1 aliphatic heterocycles. The van der Waals surface area contributed by atoms with Gasteiger partial charge in [-0.3, -0.25) is 9.59 Å². The minimum Gasteiger partial charge on any atom is -0.456 e. The molecule has 0 aliphatic carbocycles. The fourth-order valence-corrected chi connectivity index (χ4v) is 2.50. The summed E-state index contributed by atoms with van der Waals surface area (Å²) in [6.07, 6.45) is 11.5. The molecule has 0 bridgehead atoms. The van der Waals surface area contributed by atoms with Crippen LogP contribution in [-0.4, -0.2) is 23.6 Å². The number of unbranched alkanes of at least 4 members (excludes halogenated alkanes) is 8. The van der Waals surface area contributed by atoms with Gasteiger partial charge in [-0.15, -0.1) is 0 Å². The van der Waals surface area contributed by atoms with E-state index in [1.165, 1.54) is 44.9 Å². The second-order valence-electron chi connectivity index (χ2n) is 5.60. The molecule has 0 radical (unpaired) electrons. The molecule has 0 spiro atoms. The number of carbonyl (C=O) groups excluding carboxylic acids is 3. The summed E-state index contributed by atoms with van der Waals surface area (Å²) in [6.45, 7) is 2.22. The van der Waals surface area contributed by atoms with Gasteiger partial charge in [-0.25, -0.2) is 4.79 Å². The molecule has 1 fully saturated rings. The first-order valence-electron chi connectivity index (χ1n) is 7.93. The zero-order valence-electron chi connectivity index (χ0n) is 12.5. The lowest BCUT2D eigenvalue weighted by Gasteiger charge is -2.20. The minimum absolute atomic E-state index is 0.0710. The van der Waals surface area contributed by atoms with Crippen LogP contribution in [0.2, 0.25) is 0 Å². The fraction of sp³-hybridized carbons (Fsp3) is 0.812. The Hall–Kier alpha value is -1.19. The van der Waals surface area contributed by atoms with Crippen LogP contribution in [0.3, 0.4) is 0 Å². The largest absolute Gasteiger partial charge is 0.456 e. The third kappa shape index (κ3) is 6.31. The van der Waals surface area contributed by atoms with Crippen LogP contribution >= 0.6 is 0 Å². The van der Waals surface area contributed by atoms with Crippen molar-refractivity contribution in [2.24, 2.45) is 0 Å². The van der Waals surface area contributed by atoms with Crippen molar-refractivity contribution in [3.8, 4) is 0 Å². The third-order valence-corrected chi connectivity index (χ3v) is 3.76. The molecule has 0 aromatic carbocycles. The van der Waals surface area contributed by atoms with E-state index in [2.05, 4.69) is 6.92 Å². The molecule has 0 amide bonds. The molecule has 114 valence electrons. The predicted octanol–water partition coefficient (Wildman–Crippen LogP) is 3.36. The molecule has 20 heavy (non-hydrogen) atoms. The topological polar surface area (TPSA) is 60.4 Å². The molecule has 4 heteroatoms. The Morgan fingerprint density at radius 3 is 2.00 bits per heavy atom. The van der Waals surface area contributed by atoms with Crippen LogP contribution in [-0.2, 0) is 19.1 Å². The van der Waals surface area contributed by atoms with Gasteiger partial charge < -0.3 is 4.74 Å². The van der Waals surface area contributed by atoms with E-state index in [-0.39, 0.29) is 12.5 Å². The lowest BCUT2D eigenvalue weighted by Crippen LogP contribution is -2.38. The Morgan fingerprint density at radius 1 is 0.900 bits per heavy atom. The zero-order valence-corrected chi connectivity index (χ0v) is 12.5. The average Bonchev–Trinajstić information content (AvgIpc) is 2.43. The molecule has 1 heterocycles. The molecule has 0 saturated carbocycles. The van der Waals surface area contributed by atoms with Gasteiger partial charge in [0.05, 0.1) is 6.42 Å². The van der Waals surface area contributed by atoms with E-state index in [4.69, 9.17) is 4.74 Å². The maximum absolute atomic E-state index is 11.2. The Morgan fingerprint density at radius 2 is 1.45 bits per heavy atom. The predicted molar refractivity (Wildman–Crippen MR) is 76.4 cm³/mol. The van der Waals surface area contributed by atoms with Gasteiger partial charge >= 0.3 is 11.8 Å². The van der Waals surface area contributed by atoms with Gasteiger partial charge in [-0.2, -0.15) is 0 Å². The van der Waals surface area contributed by atoms with E-state index in [0.717, 1.165) is 12.8 Å². The molecular formula is C16H26O4. The maximum atomic E-state index is 11.2. The molecule has 0 aromatic rings. The number of ketones is 2. The second-order valence-corrected chi connectivity index (χ2v) is 5.60. The van der Waals surface area contributed by atoms with Crippen molar-refractivity contribution in [1.29, 1.82) is 0 Å². The van der Waals surface area contributed by atoms with Crippen LogP contribution in [0.15, 0.2) is 0 Å². The van der Waals surface area contributed by atoms with E-state index >= 15 is 0 Å². The van der Waals surface area contributed by atoms with Crippen LogP contribution in [0.5, 0.6) is 0 Å². The van der Waals surface area contributed by atoms with Crippen molar-refractivity contribution >= 4 is 17.5 Å². The minimum atomic E-state index is -0.992. The van der Waals surface area contributed by atoms with Crippen LogP contribution in [0.4, 0.5) is 0 Å². The van der Waals surface area contributed by atoms with Crippen LogP contribution in [0, 0.1) is 0 Å². The Bertz CT molecular complexity index is 315. The quantitative estimate of drug-likeness (QED) is 0.350. The van der Waals surface area contributed by atoms with E-state index < -0.39 is 17.5 Å². The van der Waals surface area contributed by atoms with Crippen molar-refractivity contribution < 1.29 is 19.1 Å². The lowest BCUT2D eigenvalue weighted by molar-refractivity contribution is -0.166. The van der Waals surface area contributed by atoms with Crippen molar-refractivity contribution in [3.63, 3.8) is 0 Å². The first-order chi connectivity index (χ1) is 9.65. The standard InChI is InChI=1S/C16H26O4/c1-2-3-4-5-6-7-8-9-10-11-13-12-14(17)15(18)16(19)20-13/h13H,2-12H2,1H3/t13-/m1/s1. The van der Waals surface area contributed by atoms with Crippen molar-refractivity contribution in [3.05, 3.63) is 0 Å². The van der Waals surface area contributed by atoms with E-state index in [0.29, 0.717) is 6.42 Å². The highest BCUT2D eigenvalue weighted by atomic mass is 16.6. The first-order valence-corrected chi connectivity index (χ1v) is 7.93. The van der Waals surface area contributed by atoms with Gasteiger partial charge in [0.15, 0.2) is 0 Å². The molecule has 0 N–H and O–H groups in total. The number of hydrogen-bond acceptors (Lipinski definition) is 4. The Kier molecular flexibility index (Phi) is 8.16. The average molecular weight is 282 g/mol. The summed E-state index contributed by atoms with van der Waals surface area (Å²) in [7, 11) is 0. The summed E-state index contributed by atoms with van der Waals surface area (Å²) >= 11 is 0. The number of ether oxygens (including phenoxy) is 1. The number of Topliss-reactive ketones (excluding diaryl/α,β-unsaturated/α-hetero) is 2. The number of cyclic esters (lactones) is 1. The summed E-state index contributed by atoms with van der Waals surface area (Å²) in [5.74, 6) is -2.56. The van der Waals surface area contributed by atoms with Crippen molar-refractivity contribution in [1.82, 2.24) is 0 Å². The molecular weight excluding hydrogens is 256 g/mol. The summed E-state index contributed by atoms with van der Waals surface area (Å²) in [5.41, 5.74) is 0. The smallest absolute Gasteiger partial charge is 0.383 e. The van der Waals surface area contributed by atoms with Crippen molar-refractivity contribution in [2.75, 3.05) is 0 Å². The highest BCUT2D eigenvalue weighted by molar-refractivity contribution is 6.62. The maximum Gasteiger partial charge on any atom is 0.383 e. The molecule has 1 atom stereocenters. The highest BCUT2D eigenvalue weighted by Gasteiger charge is 2.34. The van der Waals surface area contributed by atoms with E-state index in [9.17, 15) is 14.4 Å². The lowest BCUT2D eigenvalue weighted by atomic mass is 10.00. The number of carbonyl (C=O) groups is 3. The summed E-state index contributed by atoms with van der Waals surface area (Å²) in [5, 5.41) is 0. The van der Waals surface area contributed by atoms with Gasteiger partial charge in [-0.1, -0.05) is 58.3 Å². The molecule has 4 nitrogen and oxygen atoms in total. The molecule has 0 aromatic heterocycles. The SMILES string of the molecule is CCCCCCCCCCC[C@@H]1CC(=O)C(=O)C(=O)O1. The molecule has 1 aliphatic rings. The van der Waals surface area contributed by atoms with E-state index in [1.807, 2.05) is 0 Å². The molecule has 1 saturated heterocycles. The number of esters is 1. The van der Waals surface area contributed by atoms with Crippen LogP contribution in [0.25, 0.3) is 0 Å². The van der Waals surface area contributed by atoms with Crippen LogP contribution < -0.4 is 0 Å². The molecule has 0 unspecified atom stereocenters. The monoisotopic (exact) mass is 282 g/mol. The Balaban J connectivity index is 1.98. The number of hydrogen-bond donors (Lipinski definition) is 0. The second kappa shape index (κ2) is 9.67. The van der Waals surface area contributed by atoms with Gasteiger partial charge in [0.2, 0.25) is 5.78 Å². The summed E-state index contributed by atoms with van der Waals surface area (Å²) < 4.78 is 4.93. The summed E-state index contributed by atoms with van der Waals surface area (Å²) in [6, 6.07) is 0. The number of rotatable bonds is 10. The summed E-state index contributed by atoms with van der Waals surface area (Å²) in [4.78, 5) is 33.3. The van der Waals surface area contributed by atoms with Crippen molar-refractivity contribution in [2.45, 2.75) is 83.7 Å². The fourth-order valence-electron chi connectivity index (χ4n) is 2.50.